The molecule has 0 saturated carbocycles. The smallest absolute Gasteiger partial charge is 0.116 e. The van der Waals surface area contributed by atoms with Crippen molar-refractivity contribution in [2.75, 3.05) is 0 Å². The predicted octanol–water partition coefficient (Wildman–Crippen LogP) is 2.93. The van der Waals surface area contributed by atoms with Crippen LogP contribution in [0.15, 0.2) is 24.1 Å². The van der Waals surface area contributed by atoms with Gasteiger partial charge in [0.2, 0.25) is 0 Å². The third-order valence-electron chi connectivity index (χ3n) is 1.49. The maximum Gasteiger partial charge on any atom is 0.116 e. The minimum absolute atomic E-state index is 0.949. The minimum Gasteiger partial charge on any atom is -0.252 e. The number of nitrogens with zero attached hydrogens (tertiary/aromatic N) is 3. The van der Waals surface area contributed by atoms with Gasteiger partial charge < -0.3 is 0 Å². The normalized spacial score (nSPS) is 9.07. The first kappa shape index (κ1) is 10.8. The summed E-state index contributed by atoms with van der Waals surface area (Å²) in [6.07, 6.45) is 3.39. The van der Waals surface area contributed by atoms with Gasteiger partial charge in [0.15, 0.2) is 0 Å². The molecule has 2 aromatic rings. The van der Waals surface area contributed by atoms with E-state index in [1.807, 2.05) is 33.0 Å². The van der Waals surface area contributed by atoms with E-state index in [1.54, 1.807) is 23.2 Å². The molecule has 0 atom stereocenters. The second-order valence-electron chi connectivity index (χ2n) is 2.41. The molecule has 0 N–H and O–H groups in total. The highest BCUT2D eigenvalue weighted by Crippen LogP contribution is 2.20. The molecule has 0 aliphatic rings. The Labute approximate surface area is 87.9 Å². The van der Waals surface area contributed by atoms with Crippen molar-refractivity contribution in [2.45, 2.75) is 20.8 Å². The first-order valence-corrected chi connectivity index (χ1v) is 5.42. The summed E-state index contributed by atoms with van der Waals surface area (Å²) in [6, 6.07) is 1.95. The van der Waals surface area contributed by atoms with Gasteiger partial charge in [-0.05, 0) is 13.0 Å². The van der Waals surface area contributed by atoms with Crippen molar-refractivity contribution in [1.82, 2.24) is 15.0 Å². The van der Waals surface area contributed by atoms with Crippen molar-refractivity contribution in [1.29, 1.82) is 0 Å². The van der Waals surface area contributed by atoms with Gasteiger partial charge in [-0.1, -0.05) is 13.8 Å². The predicted molar refractivity (Wildman–Crippen MR) is 59.2 cm³/mol. The zero-order valence-electron chi connectivity index (χ0n) is 8.56. The summed E-state index contributed by atoms with van der Waals surface area (Å²) in [7, 11) is 0. The monoisotopic (exact) mass is 207 g/mol. The van der Waals surface area contributed by atoms with Crippen LogP contribution in [-0.4, -0.2) is 15.0 Å². The van der Waals surface area contributed by atoms with Crippen LogP contribution in [-0.2, 0) is 0 Å². The number of hydrogen-bond acceptors (Lipinski definition) is 4. The van der Waals surface area contributed by atoms with Gasteiger partial charge in [-0.25, -0.2) is 9.97 Å². The molecule has 0 unspecified atom stereocenters. The van der Waals surface area contributed by atoms with E-state index in [0.29, 0.717) is 0 Å². The number of thiazole rings is 1. The van der Waals surface area contributed by atoms with Crippen LogP contribution in [0, 0.1) is 6.92 Å². The van der Waals surface area contributed by atoms with Crippen molar-refractivity contribution in [3.8, 4) is 10.6 Å². The van der Waals surface area contributed by atoms with Gasteiger partial charge in [0.25, 0.3) is 0 Å². The van der Waals surface area contributed by atoms with E-state index in [1.165, 1.54) is 0 Å². The Bertz CT molecular complexity index is 371. The van der Waals surface area contributed by atoms with Gasteiger partial charge in [-0.15, -0.1) is 11.3 Å². The number of hydrogen-bond donors (Lipinski definition) is 0. The maximum atomic E-state index is 4.14. The molecule has 0 aromatic carbocycles. The molecule has 2 heterocycles. The van der Waals surface area contributed by atoms with Crippen LogP contribution in [0.1, 0.15) is 19.5 Å². The van der Waals surface area contributed by atoms with E-state index in [-0.39, 0.29) is 0 Å². The van der Waals surface area contributed by atoms with Crippen LogP contribution < -0.4 is 0 Å². The molecule has 0 bridgehead atoms. The Balaban J connectivity index is 0.000000461. The highest BCUT2D eigenvalue weighted by molar-refractivity contribution is 7.13. The van der Waals surface area contributed by atoms with Crippen LogP contribution in [0.4, 0.5) is 0 Å². The van der Waals surface area contributed by atoms with Crippen LogP contribution in [0.25, 0.3) is 10.6 Å². The summed E-state index contributed by atoms with van der Waals surface area (Å²) in [5.74, 6) is 0. The molecule has 0 aliphatic carbocycles. The number of aromatic nitrogens is 3. The molecule has 14 heavy (non-hydrogen) atoms. The summed E-state index contributed by atoms with van der Waals surface area (Å²) in [4.78, 5) is 13.2. The molecule has 0 spiro atoms. The van der Waals surface area contributed by atoms with Crippen molar-refractivity contribution < 1.29 is 0 Å². The SMILES string of the molecule is CC.Cc1cc(-c2cncs2)ncn1. The van der Waals surface area contributed by atoms with Crippen LogP contribution in [0.3, 0.4) is 0 Å². The first-order valence-electron chi connectivity index (χ1n) is 4.54. The third-order valence-corrected chi connectivity index (χ3v) is 2.28. The fourth-order valence-corrected chi connectivity index (χ4v) is 1.52. The van der Waals surface area contributed by atoms with E-state index in [0.717, 1.165) is 16.3 Å². The molecule has 0 radical (unpaired) electrons. The first-order chi connectivity index (χ1) is 6.86. The maximum absolute atomic E-state index is 4.14. The van der Waals surface area contributed by atoms with E-state index >= 15 is 0 Å². The Morgan fingerprint density at radius 3 is 2.57 bits per heavy atom. The quantitative estimate of drug-likeness (QED) is 0.721. The lowest BCUT2D eigenvalue weighted by Crippen LogP contribution is -1.85. The molecule has 0 saturated heterocycles. The lowest BCUT2D eigenvalue weighted by atomic mass is 10.3. The minimum atomic E-state index is 0.949. The Morgan fingerprint density at radius 1 is 1.21 bits per heavy atom. The third kappa shape index (κ3) is 2.60. The topological polar surface area (TPSA) is 38.7 Å². The number of aryl methyl sites for hydroxylation is 1. The summed E-state index contributed by atoms with van der Waals surface area (Å²) in [5, 5.41) is 0. The van der Waals surface area contributed by atoms with Crippen molar-refractivity contribution >= 4 is 11.3 Å². The lowest BCUT2D eigenvalue weighted by molar-refractivity contribution is 1.11. The van der Waals surface area contributed by atoms with E-state index < -0.39 is 0 Å². The van der Waals surface area contributed by atoms with Crippen LogP contribution in [0.5, 0.6) is 0 Å². The van der Waals surface area contributed by atoms with E-state index in [2.05, 4.69) is 15.0 Å². The highest BCUT2D eigenvalue weighted by atomic mass is 32.1. The van der Waals surface area contributed by atoms with Crippen molar-refractivity contribution in [3.05, 3.63) is 29.8 Å². The molecule has 3 nitrogen and oxygen atoms in total. The Kier molecular flexibility index (Phi) is 4.19. The van der Waals surface area contributed by atoms with Gasteiger partial charge in [0, 0.05) is 11.9 Å². The van der Waals surface area contributed by atoms with Crippen LogP contribution >= 0.6 is 11.3 Å². The van der Waals surface area contributed by atoms with Gasteiger partial charge in [0.1, 0.15) is 6.33 Å². The fraction of sp³-hybridized carbons (Fsp3) is 0.300. The molecule has 74 valence electrons. The largest absolute Gasteiger partial charge is 0.252 e. The molecule has 4 heteroatoms. The average molecular weight is 207 g/mol. The van der Waals surface area contributed by atoms with Gasteiger partial charge >= 0.3 is 0 Å². The lowest BCUT2D eigenvalue weighted by Gasteiger charge is -1.94. The number of rotatable bonds is 1. The second kappa shape index (κ2) is 5.44. The van der Waals surface area contributed by atoms with Gasteiger partial charge in [0.05, 0.1) is 16.1 Å². The molecular weight excluding hydrogens is 194 g/mol. The Hall–Kier alpha value is -1.29. The Morgan fingerprint density at radius 2 is 2.00 bits per heavy atom. The molecular formula is C10H13N3S. The van der Waals surface area contributed by atoms with Crippen LogP contribution in [0.2, 0.25) is 0 Å². The summed E-state index contributed by atoms with van der Waals surface area (Å²) in [6.45, 7) is 5.95. The highest BCUT2D eigenvalue weighted by Gasteiger charge is 1.99. The van der Waals surface area contributed by atoms with Crippen molar-refractivity contribution in [2.24, 2.45) is 0 Å². The molecule has 2 aromatic heterocycles. The molecule has 0 amide bonds. The summed E-state index contributed by atoms with van der Waals surface area (Å²) >= 11 is 1.58. The molecule has 0 aliphatic heterocycles. The summed E-state index contributed by atoms with van der Waals surface area (Å²) in [5.41, 5.74) is 3.73. The van der Waals surface area contributed by atoms with Gasteiger partial charge in [-0.2, -0.15) is 0 Å². The molecule has 2 rings (SSSR count). The fourth-order valence-electron chi connectivity index (χ4n) is 0.932. The standard InChI is InChI=1S/C8H7N3S.C2H6/c1-6-2-7(11-4-10-6)8-3-9-5-12-8;1-2/h2-5H,1H3;1-2H3. The average Bonchev–Trinajstić information content (AvgIpc) is 2.74. The van der Waals surface area contributed by atoms with Crippen molar-refractivity contribution in [3.63, 3.8) is 0 Å². The van der Waals surface area contributed by atoms with E-state index in [4.69, 9.17) is 0 Å². The van der Waals surface area contributed by atoms with E-state index in [9.17, 15) is 0 Å². The second-order valence-corrected chi connectivity index (χ2v) is 3.30. The zero-order valence-corrected chi connectivity index (χ0v) is 9.38. The zero-order chi connectivity index (χ0) is 10.4. The summed E-state index contributed by atoms with van der Waals surface area (Å²) < 4.78 is 0. The van der Waals surface area contributed by atoms with Gasteiger partial charge in [-0.3, -0.25) is 4.98 Å². The molecule has 0 fully saturated rings.